The molecule has 29 heavy (non-hydrogen) atoms. The molecule has 1 aromatic carbocycles. The monoisotopic (exact) mass is 397 g/mol. The fourth-order valence-corrected chi connectivity index (χ4v) is 3.54. The zero-order valence-corrected chi connectivity index (χ0v) is 16.8. The van der Waals surface area contributed by atoms with Crippen LogP contribution in [-0.4, -0.2) is 25.2 Å². The summed E-state index contributed by atoms with van der Waals surface area (Å²) < 4.78 is 15.5. The van der Waals surface area contributed by atoms with Gasteiger partial charge in [0.2, 0.25) is 0 Å². The molecular weight excluding hydrogens is 374 g/mol. The summed E-state index contributed by atoms with van der Waals surface area (Å²) in [6.45, 7) is 7.52. The molecule has 0 atom stereocenters. The van der Waals surface area contributed by atoms with Crippen molar-refractivity contribution in [1.82, 2.24) is 5.32 Å². The van der Waals surface area contributed by atoms with E-state index in [-0.39, 0.29) is 30.5 Å². The van der Waals surface area contributed by atoms with Gasteiger partial charge in [-0.1, -0.05) is 6.07 Å². The quantitative estimate of drug-likeness (QED) is 0.612. The van der Waals surface area contributed by atoms with E-state index in [1.807, 2.05) is 26.0 Å². The Kier molecular flexibility index (Phi) is 5.87. The molecule has 152 valence electrons. The van der Waals surface area contributed by atoms with Gasteiger partial charge in [0.1, 0.15) is 17.0 Å². The molecule has 0 bridgehead atoms. The van der Waals surface area contributed by atoms with Crippen LogP contribution in [0.1, 0.15) is 39.2 Å². The Morgan fingerprint density at radius 1 is 0.966 bits per heavy atom. The van der Waals surface area contributed by atoms with Gasteiger partial charge in [0.15, 0.2) is 0 Å². The van der Waals surface area contributed by atoms with Gasteiger partial charge in [-0.05, 0) is 62.6 Å². The smallest absolute Gasteiger partial charge is 0.354 e. The van der Waals surface area contributed by atoms with E-state index >= 15 is 0 Å². The van der Waals surface area contributed by atoms with Crippen LogP contribution in [0.15, 0.2) is 62.1 Å². The number of hydrogen-bond donors (Lipinski definition) is 1. The standard InChI is InChI=1S/C22H23NO6/c1-5-27-21(25)19-12(3)18(13(4)20(23-19)22(26)28-6-2)15-7-9-16-14(11-15)8-10-17(24)29-16/h7-11,18,23H,5-6H2,1-4H3. The van der Waals surface area contributed by atoms with Crippen LogP contribution in [0.4, 0.5) is 0 Å². The zero-order chi connectivity index (χ0) is 21.1. The topological polar surface area (TPSA) is 94.8 Å². The van der Waals surface area contributed by atoms with Crippen molar-refractivity contribution in [2.24, 2.45) is 0 Å². The first-order valence-corrected chi connectivity index (χ1v) is 9.44. The lowest BCUT2D eigenvalue weighted by Crippen LogP contribution is -2.34. The maximum absolute atomic E-state index is 12.5. The highest BCUT2D eigenvalue weighted by Gasteiger charge is 2.33. The Morgan fingerprint density at radius 2 is 1.55 bits per heavy atom. The van der Waals surface area contributed by atoms with Crippen LogP contribution in [0.25, 0.3) is 11.0 Å². The normalized spacial score (nSPS) is 14.8. The van der Waals surface area contributed by atoms with E-state index in [1.165, 1.54) is 6.07 Å². The summed E-state index contributed by atoms with van der Waals surface area (Å²) in [6, 6.07) is 8.45. The van der Waals surface area contributed by atoms with Gasteiger partial charge >= 0.3 is 17.6 Å². The SMILES string of the molecule is CCOC(=O)C1=C(C)C(c2ccc3oc(=O)ccc3c2)C(C)=C(C(=O)OCC)N1. The lowest BCUT2D eigenvalue weighted by Gasteiger charge is -2.30. The number of nitrogens with one attached hydrogen (secondary N) is 1. The summed E-state index contributed by atoms with van der Waals surface area (Å²) in [5.41, 5.74) is 2.81. The number of rotatable bonds is 5. The molecule has 0 amide bonds. The molecule has 0 radical (unpaired) electrons. The summed E-state index contributed by atoms with van der Waals surface area (Å²) in [5.74, 6) is -1.40. The molecule has 1 aromatic heterocycles. The third-order valence-electron chi connectivity index (χ3n) is 4.84. The van der Waals surface area contributed by atoms with E-state index in [0.29, 0.717) is 5.58 Å². The number of benzene rings is 1. The van der Waals surface area contributed by atoms with Gasteiger partial charge in [0.25, 0.3) is 0 Å². The number of hydrogen-bond acceptors (Lipinski definition) is 7. The molecule has 0 aliphatic carbocycles. The first-order chi connectivity index (χ1) is 13.9. The van der Waals surface area contributed by atoms with Gasteiger partial charge in [-0.15, -0.1) is 0 Å². The van der Waals surface area contributed by atoms with Gasteiger partial charge < -0.3 is 19.2 Å². The van der Waals surface area contributed by atoms with Crippen molar-refractivity contribution < 1.29 is 23.5 Å². The minimum absolute atomic E-state index is 0.217. The third kappa shape index (κ3) is 3.94. The number of ether oxygens (including phenoxy) is 2. The van der Waals surface area contributed by atoms with E-state index in [4.69, 9.17) is 13.9 Å². The maximum Gasteiger partial charge on any atom is 0.354 e. The second kappa shape index (κ2) is 8.34. The van der Waals surface area contributed by atoms with E-state index in [2.05, 4.69) is 5.32 Å². The molecule has 1 aliphatic heterocycles. The maximum atomic E-state index is 12.5. The number of carbonyl (C=O) groups is 2. The Bertz CT molecular complexity index is 1050. The highest BCUT2D eigenvalue weighted by molar-refractivity contribution is 5.96. The average molecular weight is 397 g/mol. The molecule has 0 unspecified atom stereocenters. The lowest BCUT2D eigenvalue weighted by molar-refractivity contribution is -0.139. The molecule has 7 nitrogen and oxygen atoms in total. The minimum Gasteiger partial charge on any atom is -0.461 e. The summed E-state index contributed by atoms with van der Waals surface area (Å²) >= 11 is 0. The first kappa shape index (κ1) is 20.4. The van der Waals surface area contributed by atoms with Crippen molar-refractivity contribution in [3.63, 3.8) is 0 Å². The van der Waals surface area contributed by atoms with Gasteiger partial charge in [-0.25, -0.2) is 14.4 Å². The van der Waals surface area contributed by atoms with Crippen LogP contribution < -0.4 is 10.9 Å². The number of esters is 2. The Morgan fingerprint density at radius 3 is 2.10 bits per heavy atom. The van der Waals surface area contributed by atoms with Gasteiger partial charge in [0.05, 0.1) is 13.2 Å². The predicted molar refractivity (Wildman–Crippen MR) is 107 cm³/mol. The molecule has 3 rings (SSSR count). The van der Waals surface area contributed by atoms with E-state index in [1.54, 1.807) is 26.0 Å². The summed E-state index contributed by atoms with van der Waals surface area (Å²) in [6.07, 6.45) is 0. The second-order valence-corrected chi connectivity index (χ2v) is 6.67. The number of allylic oxidation sites excluding steroid dienone is 2. The molecule has 2 heterocycles. The molecule has 1 N–H and O–H groups in total. The van der Waals surface area contributed by atoms with Crippen LogP contribution >= 0.6 is 0 Å². The highest BCUT2D eigenvalue weighted by atomic mass is 16.5. The predicted octanol–water partition coefficient (Wildman–Crippen LogP) is 3.15. The molecule has 0 saturated carbocycles. The minimum atomic E-state index is -0.531. The van der Waals surface area contributed by atoms with Crippen molar-refractivity contribution in [3.05, 3.63) is 68.9 Å². The summed E-state index contributed by atoms with van der Waals surface area (Å²) in [7, 11) is 0. The Labute approximate surface area is 168 Å². The van der Waals surface area contributed by atoms with Gasteiger partial charge in [0, 0.05) is 17.4 Å². The lowest BCUT2D eigenvalue weighted by atomic mass is 9.81. The van der Waals surface area contributed by atoms with E-state index in [0.717, 1.165) is 22.1 Å². The van der Waals surface area contributed by atoms with Crippen molar-refractivity contribution in [2.75, 3.05) is 13.2 Å². The third-order valence-corrected chi connectivity index (χ3v) is 4.84. The van der Waals surface area contributed by atoms with Crippen molar-refractivity contribution in [3.8, 4) is 0 Å². The molecule has 1 aliphatic rings. The molecule has 0 spiro atoms. The Hall–Kier alpha value is -3.35. The Balaban J connectivity index is 2.16. The first-order valence-electron chi connectivity index (χ1n) is 9.44. The van der Waals surface area contributed by atoms with Crippen molar-refractivity contribution in [2.45, 2.75) is 33.6 Å². The van der Waals surface area contributed by atoms with Crippen LogP contribution in [0, 0.1) is 0 Å². The van der Waals surface area contributed by atoms with Crippen LogP contribution in [-0.2, 0) is 19.1 Å². The highest BCUT2D eigenvalue weighted by Crippen LogP contribution is 2.38. The fourth-order valence-electron chi connectivity index (χ4n) is 3.54. The molecular formula is C22H23NO6. The van der Waals surface area contributed by atoms with E-state index < -0.39 is 17.6 Å². The van der Waals surface area contributed by atoms with Crippen molar-refractivity contribution in [1.29, 1.82) is 0 Å². The molecule has 0 saturated heterocycles. The van der Waals surface area contributed by atoms with Crippen molar-refractivity contribution >= 4 is 22.9 Å². The molecule has 7 heteroatoms. The largest absolute Gasteiger partial charge is 0.461 e. The van der Waals surface area contributed by atoms with Crippen LogP contribution in [0.3, 0.4) is 0 Å². The van der Waals surface area contributed by atoms with E-state index in [9.17, 15) is 14.4 Å². The summed E-state index contributed by atoms with van der Waals surface area (Å²) in [5, 5.41) is 3.66. The number of carbonyl (C=O) groups excluding carboxylic acids is 2. The average Bonchev–Trinajstić information content (AvgIpc) is 2.68. The number of dihydropyridines is 1. The molecule has 2 aromatic rings. The zero-order valence-electron chi connectivity index (χ0n) is 16.8. The van der Waals surface area contributed by atoms with Crippen LogP contribution in [0.2, 0.25) is 0 Å². The van der Waals surface area contributed by atoms with Gasteiger partial charge in [-0.3, -0.25) is 0 Å². The van der Waals surface area contributed by atoms with Gasteiger partial charge in [-0.2, -0.15) is 0 Å². The summed E-state index contributed by atoms with van der Waals surface area (Å²) in [4.78, 5) is 36.4. The molecule has 0 fully saturated rings. The second-order valence-electron chi connectivity index (χ2n) is 6.67. The van der Waals surface area contributed by atoms with Crippen LogP contribution in [0.5, 0.6) is 0 Å². The fraction of sp³-hybridized carbons (Fsp3) is 0.318. The number of fused-ring (bicyclic) bond motifs is 1.